The quantitative estimate of drug-likeness (QED) is 0.677. The van der Waals surface area contributed by atoms with Gasteiger partial charge in [0.15, 0.2) is 0 Å². The van der Waals surface area contributed by atoms with E-state index in [-0.39, 0.29) is 12.4 Å². The van der Waals surface area contributed by atoms with E-state index in [2.05, 4.69) is 61.8 Å². The van der Waals surface area contributed by atoms with Crippen LogP contribution in [0, 0.1) is 16.7 Å². The molecule has 0 amide bonds. The van der Waals surface area contributed by atoms with E-state index in [0.29, 0.717) is 16.7 Å². The summed E-state index contributed by atoms with van der Waals surface area (Å²) in [5.74, 6) is 1.73. The molecule has 4 rings (SSSR count). The van der Waals surface area contributed by atoms with Crippen molar-refractivity contribution in [3.8, 4) is 0 Å². The minimum absolute atomic E-state index is 0. The molecule has 3 fully saturated rings. The molecule has 3 aliphatic rings. The Hall–Kier alpha value is -0.730. The summed E-state index contributed by atoms with van der Waals surface area (Å²) in [6.45, 7) is 16.1. The molecule has 146 valence electrons. The van der Waals surface area contributed by atoms with Gasteiger partial charge in [-0.25, -0.2) is 0 Å². The van der Waals surface area contributed by atoms with Crippen LogP contribution in [0.1, 0.15) is 64.9 Å². The predicted molar refractivity (Wildman–Crippen MR) is 115 cm³/mol. The number of halogens is 1. The van der Waals surface area contributed by atoms with Crippen molar-refractivity contribution in [1.29, 1.82) is 0 Å². The van der Waals surface area contributed by atoms with Crippen molar-refractivity contribution in [2.75, 3.05) is 37.6 Å². The zero-order valence-corrected chi connectivity index (χ0v) is 17.9. The highest BCUT2D eigenvalue weighted by Crippen LogP contribution is 2.58. The SMILES string of the molecule is CC1(C)CC(c2ccccc2N2CCN(CC3CC3)CC2)CC1(C)C.Cl. The van der Waals surface area contributed by atoms with Crippen molar-refractivity contribution >= 4 is 18.1 Å². The first kappa shape index (κ1) is 20.0. The van der Waals surface area contributed by atoms with E-state index in [0.717, 1.165) is 5.92 Å². The highest BCUT2D eigenvalue weighted by Gasteiger charge is 2.47. The lowest BCUT2D eigenvalue weighted by atomic mass is 9.71. The van der Waals surface area contributed by atoms with Gasteiger partial charge in [0.1, 0.15) is 0 Å². The van der Waals surface area contributed by atoms with Gasteiger partial charge in [-0.05, 0) is 60.0 Å². The van der Waals surface area contributed by atoms with Gasteiger partial charge in [0.25, 0.3) is 0 Å². The van der Waals surface area contributed by atoms with Crippen LogP contribution in [0.3, 0.4) is 0 Å². The van der Waals surface area contributed by atoms with E-state index in [4.69, 9.17) is 0 Å². The molecule has 0 bridgehead atoms. The van der Waals surface area contributed by atoms with Gasteiger partial charge in [-0.3, -0.25) is 4.90 Å². The van der Waals surface area contributed by atoms with Gasteiger partial charge < -0.3 is 4.90 Å². The number of nitrogens with zero attached hydrogens (tertiary/aromatic N) is 2. The second kappa shape index (κ2) is 7.36. The Bertz CT molecular complexity index is 596. The van der Waals surface area contributed by atoms with Crippen LogP contribution < -0.4 is 4.90 Å². The largest absolute Gasteiger partial charge is 0.369 e. The fourth-order valence-electron chi connectivity index (χ4n) is 5.03. The summed E-state index contributed by atoms with van der Waals surface area (Å²) in [6.07, 6.45) is 5.57. The molecule has 0 atom stereocenters. The molecular formula is C23H37ClN2. The molecule has 1 saturated heterocycles. The summed E-state index contributed by atoms with van der Waals surface area (Å²) in [7, 11) is 0. The van der Waals surface area contributed by atoms with Crippen molar-refractivity contribution < 1.29 is 0 Å². The zero-order valence-electron chi connectivity index (χ0n) is 17.1. The summed E-state index contributed by atoms with van der Waals surface area (Å²) in [5.41, 5.74) is 3.98. The number of anilines is 1. The van der Waals surface area contributed by atoms with Gasteiger partial charge in [-0.2, -0.15) is 0 Å². The van der Waals surface area contributed by atoms with Crippen LogP contribution >= 0.6 is 12.4 Å². The van der Waals surface area contributed by atoms with Crippen LogP contribution in [-0.2, 0) is 0 Å². The van der Waals surface area contributed by atoms with Crippen molar-refractivity contribution in [2.45, 2.75) is 59.3 Å². The molecule has 2 nitrogen and oxygen atoms in total. The smallest absolute Gasteiger partial charge is 0.0402 e. The number of hydrogen-bond donors (Lipinski definition) is 0. The molecule has 1 aromatic carbocycles. The molecule has 0 spiro atoms. The Kier molecular flexibility index (Phi) is 5.66. The summed E-state index contributed by atoms with van der Waals surface area (Å²) in [5, 5.41) is 0. The lowest BCUT2D eigenvalue weighted by Crippen LogP contribution is -2.47. The number of rotatable bonds is 4. The van der Waals surface area contributed by atoms with Crippen molar-refractivity contribution in [3.63, 3.8) is 0 Å². The predicted octanol–water partition coefficient (Wildman–Crippen LogP) is 5.57. The molecule has 3 heteroatoms. The molecule has 2 saturated carbocycles. The minimum Gasteiger partial charge on any atom is -0.369 e. The average molecular weight is 377 g/mol. The number of piperazine rings is 1. The Labute approximate surface area is 166 Å². The van der Waals surface area contributed by atoms with Crippen LogP contribution in [0.25, 0.3) is 0 Å². The first-order valence-electron chi connectivity index (χ1n) is 10.4. The third-order valence-corrected chi connectivity index (χ3v) is 7.65. The second-order valence-corrected chi connectivity index (χ2v) is 10.2. The molecule has 0 N–H and O–H groups in total. The molecule has 1 heterocycles. The zero-order chi connectivity index (χ0) is 17.7. The van der Waals surface area contributed by atoms with Crippen molar-refractivity contribution in [1.82, 2.24) is 4.90 Å². The Morgan fingerprint density at radius 2 is 1.46 bits per heavy atom. The Morgan fingerprint density at radius 3 is 2.04 bits per heavy atom. The molecule has 0 unspecified atom stereocenters. The van der Waals surface area contributed by atoms with E-state index in [1.807, 2.05) is 0 Å². The van der Waals surface area contributed by atoms with Gasteiger partial charge in [0, 0.05) is 38.4 Å². The maximum Gasteiger partial charge on any atom is 0.0402 e. The number of hydrogen-bond acceptors (Lipinski definition) is 2. The van der Waals surface area contributed by atoms with Gasteiger partial charge in [0.05, 0.1) is 0 Å². The molecule has 26 heavy (non-hydrogen) atoms. The van der Waals surface area contributed by atoms with Crippen LogP contribution in [0.4, 0.5) is 5.69 Å². The summed E-state index contributed by atoms with van der Waals surface area (Å²) in [4.78, 5) is 5.36. The monoisotopic (exact) mass is 376 g/mol. The number of benzene rings is 1. The van der Waals surface area contributed by atoms with E-state index in [1.54, 1.807) is 5.56 Å². The van der Waals surface area contributed by atoms with Crippen LogP contribution in [-0.4, -0.2) is 37.6 Å². The Balaban J connectivity index is 0.00000196. The summed E-state index contributed by atoms with van der Waals surface area (Å²) in [6, 6.07) is 9.28. The first-order valence-corrected chi connectivity index (χ1v) is 10.4. The number of para-hydroxylation sites is 1. The standard InChI is InChI=1S/C23H36N2.ClH/c1-22(2)15-19(16-23(22,3)4)20-7-5-6-8-21(20)25-13-11-24(12-14-25)17-18-9-10-18;/h5-8,18-19H,9-17H2,1-4H3;1H. The lowest BCUT2D eigenvalue weighted by Gasteiger charge is -2.37. The molecule has 1 aliphatic heterocycles. The van der Waals surface area contributed by atoms with Gasteiger partial charge in [-0.15, -0.1) is 12.4 Å². The first-order chi connectivity index (χ1) is 11.9. The van der Waals surface area contributed by atoms with Gasteiger partial charge in [0.2, 0.25) is 0 Å². The second-order valence-electron chi connectivity index (χ2n) is 10.2. The lowest BCUT2D eigenvalue weighted by molar-refractivity contribution is 0.157. The van der Waals surface area contributed by atoms with Crippen molar-refractivity contribution in [2.24, 2.45) is 16.7 Å². The third kappa shape index (κ3) is 3.92. The van der Waals surface area contributed by atoms with Gasteiger partial charge >= 0.3 is 0 Å². The third-order valence-electron chi connectivity index (χ3n) is 7.65. The van der Waals surface area contributed by atoms with Crippen molar-refractivity contribution in [3.05, 3.63) is 29.8 Å². The van der Waals surface area contributed by atoms with E-state index >= 15 is 0 Å². The fourth-order valence-corrected chi connectivity index (χ4v) is 5.03. The minimum atomic E-state index is 0. The Morgan fingerprint density at radius 1 is 0.885 bits per heavy atom. The van der Waals surface area contributed by atoms with E-state index in [9.17, 15) is 0 Å². The normalized spacial score (nSPS) is 25.9. The van der Waals surface area contributed by atoms with Crippen LogP contribution in [0.15, 0.2) is 24.3 Å². The molecule has 0 radical (unpaired) electrons. The highest BCUT2D eigenvalue weighted by atomic mass is 35.5. The average Bonchev–Trinajstić information content (AvgIpc) is 3.34. The fraction of sp³-hybridized carbons (Fsp3) is 0.739. The van der Waals surface area contributed by atoms with Gasteiger partial charge in [-0.1, -0.05) is 45.9 Å². The van der Waals surface area contributed by atoms with Crippen LogP contribution in [0.5, 0.6) is 0 Å². The molecule has 0 aromatic heterocycles. The maximum atomic E-state index is 2.69. The summed E-state index contributed by atoms with van der Waals surface area (Å²) >= 11 is 0. The topological polar surface area (TPSA) is 6.48 Å². The van der Waals surface area contributed by atoms with Crippen LogP contribution in [0.2, 0.25) is 0 Å². The maximum absolute atomic E-state index is 2.69. The summed E-state index contributed by atoms with van der Waals surface area (Å²) < 4.78 is 0. The highest BCUT2D eigenvalue weighted by molar-refractivity contribution is 5.85. The van der Waals surface area contributed by atoms with E-state index in [1.165, 1.54) is 64.1 Å². The molecule has 1 aromatic rings. The molecular weight excluding hydrogens is 340 g/mol. The molecule has 2 aliphatic carbocycles. The van der Waals surface area contributed by atoms with E-state index < -0.39 is 0 Å².